The Kier molecular flexibility index (Phi) is 5.35. The molecule has 0 unspecified atom stereocenters. The van der Waals surface area contributed by atoms with E-state index in [1.54, 1.807) is 6.20 Å². The highest BCUT2D eigenvalue weighted by molar-refractivity contribution is 5.92. The largest absolute Gasteiger partial charge is 0.372 e. The quantitative estimate of drug-likeness (QED) is 0.506. The third-order valence-electron chi connectivity index (χ3n) is 6.28. The molecular formula is C25H27N7O. The SMILES string of the molecule is Cc1c(C#N)cccc1[C@@H](C)Nc1nc2nccn2c2cnc(N3C[C@@H](C)O[C@@H](C)C3)cc12. The molecule has 0 aliphatic carbocycles. The molecule has 168 valence electrons. The number of anilines is 2. The van der Waals surface area contributed by atoms with E-state index in [1.165, 1.54) is 0 Å². The van der Waals surface area contributed by atoms with Crippen molar-refractivity contribution in [2.24, 2.45) is 0 Å². The minimum Gasteiger partial charge on any atom is -0.372 e. The number of ether oxygens (including phenoxy) is 1. The molecule has 0 radical (unpaired) electrons. The summed E-state index contributed by atoms with van der Waals surface area (Å²) in [5.41, 5.74) is 3.67. The Morgan fingerprint density at radius 1 is 1.21 bits per heavy atom. The molecule has 8 heteroatoms. The van der Waals surface area contributed by atoms with E-state index in [9.17, 15) is 5.26 Å². The highest BCUT2D eigenvalue weighted by Crippen LogP contribution is 2.31. The molecule has 3 aromatic heterocycles. The Hall–Kier alpha value is -3.70. The van der Waals surface area contributed by atoms with Crippen LogP contribution in [0.1, 0.15) is 43.5 Å². The monoisotopic (exact) mass is 441 g/mol. The van der Waals surface area contributed by atoms with Gasteiger partial charge in [0.2, 0.25) is 5.78 Å². The number of morpholine rings is 1. The van der Waals surface area contributed by atoms with Crippen LogP contribution in [0.15, 0.2) is 42.9 Å². The van der Waals surface area contributed by atoms with Gasteiger partial charge in [-0.3, -0.25) is 4.40 Å². The molecule has 4 aromatic rings. The molecule has 0 amide bonds. The molecule has 0 saturated carbocycles. The van der Waals surface area contributed by atoms with E-state index in [0.717, 1.165) is 46.8 Å². The molecule has 33 heavy (non-hydrogen) atoms. The van der Waals surface area contributed by atoms with Crippen LogP contribution in [0, 0.1) is 18.3 Å². The highest BCUT2D eigenvalue weighted by Gasteiger charge is 2.24. The third kappa shape index (κ3) is 3.85. The van der Waals surface area contributed by atoms with Gasteiger partial charge in [-0.25, -0.2) is 9.97 Å². The van der Waals surface area contributed by atoms with Gasteiger partial charge in [-0.15, -0.1) is 0 Å². The normalized spacial score (nSPS) is 19.5. The van der Waals surface area contributed by atoms with E-state index in [2.05, 4.69) is 48.1 Å². The number of nitrogens with one attached hydrogen (secondary N) is 1. The van der Waals surface area contributed by atoms with Gasteiger partial charge in [0, 0.05) is 30.9 Å². The number of hydrogen-bond acceptors (Lipinski definition) is 7. The van der Waals surface area contributed by atoms with Gasteiger partial charge in [-0.1, -0.05) is 12.1 Å². The van der Waals surface area contributed by atoms with Crippen molar-refractivity contribution in [3.05, 3.63) is 59.5 Å². The molecule has 5 rings (SSSR count). The van der Waals surface area contributed by atoms with Gasteiger partial charge in [0.25, 0.3) is 0 Å². The molecular weight excluding hydrogens is 414 g/mol. The number of nitriles is 1. The minimum absolute atomic E-state index is 0.0496. The van der Waals surface area contributed by atoms with Crippen LogP contribution in [0.25, 0.3) is 16.7 Å². The van der Waals surface area contributed by atoms with Crippen LogP contribution in [-0.4, -0.2) is 44.7 Å². The molecule has 0 spiro atoms. The van der Waals surface area contributed by atoms with Crippen molar-refractivity contribution >= 4 is 28.3 Å². The Bertz CT molecular complexity index is 1360. The fraction of sp³-hybridized carbons (Fsp3) is 0.360. The van der Waals surface area contributed by atoms with Crippen molar-refractivity contribution in [3.8, 4) is 6.07 Å². The molecule has 1 fully saturated rings. The Morgan fingerprint density at radius 2 is 2.00 bits per heavy atom. The van der Waals surface area contributed by atoms with E-state index in [-0.39, 0.29) is 18.2 Å². The number of imidazole rings is 1. The second kappa shape index (κ2) is 8.34. The number of benzene rings is 1. The predicted octanol–water partition coefficient (Wildman–Crippen LogP) is 4.24. The first-order chi connectivity index (χ1) is 15.9. The third-order valence-corrected chi connectivity index (χ3v) is 6.28. The van der Waals surface area contributed by atoms with Crippen molar-refractivity contribution in [2.75, 3.05) is 23.3 Å². The maximum absolute atomic E-state index is 9.43. The van der Waals surface area contributed by atoms with Crippen molar-refractivity contribution < 1.29 is 4.74 Å². The van der Waals surface area contributed by atoms with Crippen molar-refractivity contribution in [1.29, 1.82) is 5.26 Å². The number of aromatic nitrogens is 4. The van der Waals surface area contributed by atoms with Gasteiger partial charge in [0.15, 0.2) is 0 Å². The van der Waals surface area contributed by atoms with Crippen LogP contribution < -0.4 is 10.2 Å². The summed E-state index contributed by atoms with van der Waals surface area (Å²) in [6, 6.07) is 10.1. The van der Waals surface area contributed by atoms with E-state index >= 15 is 0 Å². The minimum atomic E-state index is -0.0496. The lowest BCUT2D eigenvalue weighted by Crippen LogP contribution is -2.45. The topological polar surface area (TPSA) is 91.4 Å². The number of fused-ring (bicyclic) bond motifs is 3. The maximum Gasteiger partial charge on any atom is 0.236 e. The van der Waals surface area contributed by atoms with Crippen LogP contribution in [0.4, 0.5) is 11.6 Å². The zero-order valence-electron chi connectivity index (χ0n) is 19.3. The fourth-order valence-electron chi connectivity index (χ4n) is 4.72. The average Bonchev–Trinajstić information content (AvgIpc) is 3.27. The van der Waals surface area contributed by atoms with Gasteiger partial charge in [-0.05, 0) is 51.0 Å². The lowest BCUT2D eigenvalue weighted by molar-refractivity contribution is -0.00545. The zero-order chi connectivity index (χ0) is 23.1. The summed E-state index contributed by atoms with van der Waals surface area (Å²) in [4.78, 5) is 16.3. The Morgan fingerprint density at radius 3 is 2.76 bits per heavy atom. The van der Waals surface area contributed by atoms with Crippen LogP contribution in [0.3, 0.4) is 0 Å². The summed E-state index contributed by atoms with van der Waals surface area (Å²) < 4.78 is 7.85. The molecule has 1 N–H and O–H groups in total. The van der Waals surface area contributed by atoms with Gasteiger partial charge >= 0.3 is 0 Å². The van der Waals surface area contributed by atoms with Crippen LogP contribution in [0.2, 0.25) is 0 Å². The fourth-order valence-corrected chi connectivity index (χ4v) is 4.72. The highest BCUT2D eigenvalue weighted by atomic mass is 16.5. The first-order valence-corrected chi connectivity index (χ1v) is 11.2. The summed E-state index contributed by atoms with van der Waals surface area (Å²) in [5, 5.41) is 14.0. The van der Waals surface area contributed by atoms with E-state index in [4.69, 9.17) is 14.7 Å². The lowest BCUT2D eigenvalue weighted by Gasteiger charge is -2.36. The smallest absolute Gasteiger partial charge is 0.236 e. The van der Waals surface area contributed by atoms with E-state index in [0.29, 0.717) is 11.3 Å². The van der Waals surface area contributed by atoms with Gasteiger partial charge in [-0.2, -0.15) is 10.2 Å². The lowest BCUT2D eigenvalue weighted by atomic mass is 9.98. The zero-order valence-corrected chi connectivity index (χ0v) is 19.3. The van der Waals surface area contributed by atoms with Gasteiger partial charge < -0.3 is 15.0 Å². The van der Waals surface area contributed by atoms with Crippen molar-refractivity contribution in [2.45, 2.75) is 45.9 Å². The number of hydrogen-bond donors (Lipinski definition) is 1. The van der Waals surface area contributed by atoms with Gasteiger partial charge in [0.05, 0.1) is 41.6 Å². The number of rotatable bonds is 4. The van der Waals surface area contributed by atoms with Crippen LogP contribution in [-0.2, 0) is 4.74 Å². The van der Waals surface area contributed by atoms with Gasteiger partial charge in [0.1, 0.15) is 11.6 Å². The Balaban J connectivity index is 1.59. The molecule has 1 aromatic carbocycles. The van der Waals surface area contributed by atoms with Crippen molar-refractivity contribution in [3.63, 3.8) is 0 Å². The van der Waals surface area contributed by atoms with Crippen LogP contribution in [0.5, 0.6) is 0 Å². The Labute approximate surface area is 192 Å². The molecule has 3 atom stereocenters. The first-order valence-electron chi connectivity index (χ1n) is 11.2. The van der Waals surface area contributed by atoms with Crippen molar-refractivity contribution in [1.82, 2.24) is 19.4 Å². The van der Waals surface area contributed by atoms with E-state index < -0.39 is 0 Å². The second-order valence-electron chi connectivity index (χ2n) is 8.78. The summed E-state index contributed by atoms with van der Waals surface area (Å²) in [7, 11) is 0. The molecule has 4 heterocycles. The number of pyridine rings is 1. The first kappa shape index (κ1) is 21.2. The molecule has 8 nitrogen and oxygen atoms in total. The number of nitrogens with zero attached hydrogens (tertiary/aromatic N) is 6. The molecule has 1 aliphatic heterocycles. The summed E-state index contributed by atoms with van der Waals surface area (Å²) in [5.74, 6) is 2.27. The summed E-state index contributed by atoms with van der Waals surface area (Å²) >= 11 is 0. The maximum atomic E-state index is 9.43. The average molecular weight is 442 g/mol. The molecule has 0 bridgehead atoms. The second-order valence-corrected chi connectivity index (χ2v) is 8.78. The molecule has 1 aliphatic rings. The van der Waals surface area contributed by atoms with Crippen LogP contribution >= 0.6 is 0 Å². The van der Waals surface area contributed by atoms with E-state index in [1.807, 2.05) is 41.9 Å². The standard InChI is InChI=1S/C25H27N7O/c1-15-13-31(14-16(2)33-15)23-10-21-22(12-28-23)32-9-8-27-25(32)30-24(21)29-18(4)20-7-5-6-19(11-26)17(20)3/h5-10,12,15-16,18H,13-14H2,1-4H3,(H,27,29,30)/t15-,16+,18-/m1/s1. The molecule has 1 saturated heterocycles. The summed E-state index contributed by atoms with van der Waals surface area (Å²) in [6.45, 7) is 9.84. The summed E-state index contributed by atoms with van der Waals surface area (Å²) in [6.07, 6.45) is 5.83. The predicted molar refractivity (Wildman–Crippen MR) is 128 cm³/mol.